The summed E-state index contributed by atoms with van der Waals surface area (Å²) in [6.07, 6.45) is 0.592. The van der Waals surface area contributed by atoms with Gasteiger partial charge >= 0.3 is 0 Å². The van der Waals surface area contributed by atoms with Gasteiger partial charge in [-0.05, 0) is 19.4 Å². The van der Waals surface area contributed by atoms with Gasteiger partial charge in [0.05, 0.1) is 6.42 Å². The Morgan fingerprint density at radius 1 is 1.10 bits per heavy atom. The summed E-state index contributed by atoms with van der Waals surface area (Å²) in [5, 5.41) is 5.46. The van der Waals surface area contributed by atoms with Crippen LogP contribution in [0.3, 0.4) is 0 Å². The van der Waals surface area contributed by atoms with Gasteiger partial charge in [0, 0.05) is 25.0 Å². The van der Waals surface area contributed by atoms with Crippen LogP contribution in [0, 0.1) is 0 Å². The lowest BCUT2D eigenvalue weighted by atomic mass is 10.1. The van der Waals surface area contributed by atoms with Gasteiger partial charge in [0.2, 0.25) is 11.8 Å². The summed E-state index contributed by atoms with van der Waals surface area (Å²) in [5.74, 6) is -0.188. The number of benzene rings is 1. The minimum Gasteiger partial charge on any atom is -0.355 e. The second-order valence-corrected chi connectivity index (χ2v) is 5.53. The molecule has 5 nitrogen and oxygen atoms in total. The molecule has 5 heteroatoms. The molecule has 0 unspecified atom stereocenters. The lowest BCUT2D eigenvalue weighted by Gasteiger charge is -2.18. The summed E-state index contributed by atoms with van der Waals surface area (Å²) in [6.45, 7) is 4.44. The number of carbonyl (C=O) groups is 2. The Kier molecular flexibility index (Phi) is 6.18. The van der Waals surface area contributed by atoms with Crippen LogP contribution in [0.1, 0.15) is 25.8 Å². The smallest absolute Gasteiger partial charge is 0.224 e. The molecule has 0 aromatic heterocycles. The second kappa shape index (κ2) is 7.65. The van der Waals surface area contributed by atoms with Gasteiger partial charge in [0.25, 0.3) is 0 Å². The molecule has 0 saturated heterocycles. The largest absolute Gasteiger partial charge is 0.355 e. The van der Waals surface area contributed by atoms with Crippen LogP contribution >= 0.6 is 0 Å². The summed E-state index contributed by atoms with van der Waals surface area (Å²) < 4.78 is 0. The first-order valence-corrected chi connectivity index (χ1v) is 6.73. The third-order valence-electron chi connectivity index (χ3n) is 2.62. The van der Waals surface area contributed by atoms with E-state index in [0.717, 1.165) is 5.56 Å². The SMILES string of the molecule is CC(C)(N)CNC(=O)CCNC(=O)Cc1ccccc1. The maximum Gasteiger partial charge on any atom is 0.224 e. The van der Waals surface area contributed by atoms with Gasteiger partial charge in [-0.15, -0.1) is 0 Å². The number of amides is 2. The predicted molar refractivity (Wildman–Crippen MR) is 79.0 cm³/mol. The average Bonchev–Trinajstić information content (AvgIpc) is 2.37. The zero-order chi connectivity index (χ0) is 15.0. The molecular formula is C15H23N3O2. The summed E-state index contributed by atoms with van der Waals surface area (Å²) >= 11 is 0. The Hall–Kier alpha value is -1.88. The highest BCUT2D eigenvalue weighted by molar-refractivity contribution is 5.80. The van der Waals surface area contributed by atoms with E-state index in [4.69, 9.17) is 5.73 Å². The van der Waals surface area contributed by atoms with Crippen molar-refractivity contribution in [2.75, 3.05) is 13.1 Å². The number of carbonyl (C=O) groups excluding carboxylic acids is 2. The number of hydrogen-bond donors (Lipinski definition) is 3. The molecule has 2 amide bonds. The molecule has 0 aliphatic carbocycles. The molecule has 0 aliphatic rings. The minimum atomic E-state index is -0.424. The highest BCUT2D eigenvalue weighted by Crippen LogP contribution is 1.99. The summed E-state index contributed by atoms with van der Waals surface area (Å²) in [7, 11) is 0. The minimum absolute atomic E-state index is 0.0804. The quantitative estimate of drug-likeness (QED) is 0.682. The van der Waals surface area contributed by atoms with Crippen molar-refractivity contribution in [2.45, 2.75) is 32.2 Å². The van der Waals surface area contributed by atoms with Crippen LogP contribution in [-0.4, -0.2) is 30.4 Å². The van der Waals surface area contributed by atoms with E-state index < -0.39 is 5.54 Å². The Labute approximate surface area is 119 Å². The van der Waals surface area contributed by atoms with E-state index in [9.17, 15) is 9.59 Å². The first-order chi connectivity index (χ1) is 9.37. The molecular weight excluding hydrogens is 254 g/mol. The maximum absolute atomic E-state index is 11.6. The third-order valence-corrected chi connectivity index (χ3v) is 2.62. The first kappa shape index (κ1) is 16.2. The molecule has 0 atom stereocenters. The molecule has 0 saturated carbocycles. The standard InChI is InChI=1S/C15H23N3O2/c1-15(2,16)11-18-13(19)8-9-17-14(20)10-12-6-4-3-5-7-12/h3-7H,8-11,16H2,1-2H3,(H,17,20)(H,18,19). The van der Waals surface area contributed by atoms with E-state index in [2.05, 4.69) is 10.6 Å². The van der Waals surface area contributed by atoms with E-state index in [1.54, 1.807) is 0 Å². The monoisotopic (exact) mass is 277 g/mol. The van der Waals surface area contributed by atoms with Crippen LogP contribution in [0.25, 0.3) is 0 Å². The van der Waals surface area contributed by atoms with E-state index in [1.807, 2.05) is 44.2 Å². The summed E-state index contributed by atoms with van der Waals surface area (Å²) in [6, 6.07) is 9.49. The van der Waals surface area contributed by atoms with Crippen molar-refractivity contribution in [1.82, 2.24) is 10.6 Å². The van der Waals surface area contributed by atoms with E-state index in [-0.39, 0.29) is 18.2 Å². The van der Waals surface area contributed by atoms with Gasteiger partial charge in [0.1, 0.15) is 0 Å². The average molecular weight is 277 g/mol. The fourth-order valence-electron chi connectivity index (χ4n) is 1.57. The third kappa shape index (κ3) is 7.53. The lowest BCUT2D eigenvalue weighted by molar-refractivity contribution is -0.122. The van der Waals surface area contributed by atoms with Crippen molar-refractivity contribution in [2.24, 2.45) is 5.73 Å². The van der Waals surface area contributed by atoms with Crippen LogP contribution in [0.4, 0.5) is 0 Å². The van der Waals surface area contributed by atoms with Crippen LogP contribution in [0.15, 0.2) is 30.3 Å². The van der Waals surface area contributed by atoms with Crippen LogP contribution < -0.4 is 16.4 Å². The molecule has 20 heavy (non-hydrogen) atoms. The predicted octanol–water partition coefficient (Wildman–Crippen LogP) is 0.589. The molecule has 0 radical (unpaired) electrons. The van der Waals surface area contributed by atoms with Crippen LogP contribution in [0.5, 0.6) is 0 Å². The van der Waals surface area contributed by atoms with Crippen molar-refractivity contribution >= 4 is 11.8 Å². The molecule has 0 bridgehead atoms. The van der Waals surface area contributed by atoms with Gasteiger partial charge in [-0.25, -0.2) is 0 Å². The second-order valence-electron chi connectivity index (χ2n) is 5.53. The number of nitrogens with one attached hydrogen (secondary N) is 2. The molecule has 0 spiro atoms. The van der Waals surface area contributed by atoms with Gasteiger partial charge in [-0.1, -0.05) is 30.3 Å². The number of nitrogens with two attached hydrogens (primary N) is 1. The topological polar surface area (TPSA) is 84.2 Å². The molecule has 0 aliphatic heterocycles. The molecule has 0 fully saturated rings. The molecule has 110 valence electrons. The molecule has 1 rings (SSSR count). The van der Waals surface area contributed by atoms with Gasteiger partial charge < -0.3 is 16.4 Å². The van der Waals surface area contributed by atoms with Crippen LogP contribution in [0.2, 0.25) is 0 Å². The van der Waals surface area contributed by atoms with Crippen molar-refractivity contribution in [1.29, 1.82) is 0 Å². The van der Waals surface area contributed by atoms with E-state index in [1.165, 1.54) is 0 Å². The molecule has 0 heterocycles. The Balaban J connectivity index is 2.17. The van der Waals surface area contributed by atoms with Gasteiger partial charge in [0.15, 0.2) is 0 Å². The van der Waals surface area contributed by atoms with E-state index in [0.29, 0.717) is 19.5 Å². The summed E-state index contributed by atoms with van der Waals surface area (Å²) in [4.78, 5) is 23.2. The van der Waals surface area contributed by atoms with Crippen LogP contribution in [-0.2, 0) is 16.0 Å². The highest BCUT2D eigenvalue weighted by Gasteiger charge is 2.12. The zero-order valence-electron chi connectivity index (χ0n) is 12.1. The first-order valence-electron chi connectivity index (χ1n) is 6.73. The lowest BCUT2D eigenvalue weighted by Crippen LogP contribution is -2.45. The fourth-order valence-corrected chi connectivity index (χ4v) is 1.57. The number of hydrogen-bond acceptors (Lipinski definition) is 3. The maximum atomic E-state index is 11.6. The molecule has 1 aromatic rings. The van der Waals surface area contributed by atoms with Gasteiger partial charge in [-0.3, -0.25) is 9.59 Å². The summed E-state index contributed by atoms with van der Waals surface area (Å²) in [5.41, 5.74) is 6.30. The number of rotatable bonds is 7. The Morgan fingerprint density at radius 3 is 2.35 bits per heavy atom. The van der Waals surface area contributed by atoms with Gasteiger partial charge in [-0.2, -0.15) is 0 Å². The van der Waals surface area contributed by atoms with Crippen molar-refractivity contribution in [3.63, 3.8) is 0 Å². The van der Waals surface area contributed by atoms with Crippen molar-refractivity contribution in [3.05, 3.63) is 35.9 Å². The van der Waals surface area contributed by atoms with Crippen molar-refractivity contribution < 1.29 is 9.59 Å². The normalized spacial score (nSPS) is 10.9. The highest BCUT2D eigenvalue weighted by atomic mass is 16.2. The molecule has 1 aromatic carbocycles. The van der Waals surface area contributed by atoms with E-state index >= 15 is 0 Å². The van der Waals surface area contributed by atoms with Crippen molar-refractivity contribution in [3.8, 4) is 0 Å². The fraction of sp³-hybridized carbons (Fsp3) is 0.467. The Morgan fingerprint density at radius 2 is 1.75 bits per heavy atom. The molecule has 4 N–H and O–H groups in total. The zero-order valence-corrected chi connectivity index (χ0v) is 12.1. The Bertz CT molecular complexity index is 438.